The van der Waals surface area contributed by atoms with Gasteiger partial charge in [-0.3, -0.25) is 4.99 Å². The summed E-state index contributed by atoms with van der Waals surface area (Å²) in [5.74, 6) is 1.39. The number of halogens is 1. The third-order valence-corrected chi connectivity index (χ3v) is 3.63. The number of aromatic nitrogens is 1. The van der Waals surface area contributed by atoms with Crippen molar-refractivity contribution in [2.75, 3.05) is 20.2 Å². The summed E-state index contributed by atoms with van der Waals surface area (Å²) in [6.07, 6.45) is 2.60. The van der Waals surface area contributed by atoms with E-state index in [1.807, 2.05) is 37.3 Å². The third kappa shape index (κ3) is 5.74. The number of nitrogens with zero attached hydrogens (tertiary/aromatic N) is 2. The summed E-state index contributed by atoms with van der Waals surface area (Å²) in [7, 11) is 1.75. The molecule has 1 aromatic heterocycles. The highest BCUT2D eigenvalue weighted by molar-refractivity contribution is 6.30. The number of nitrogens with one attached hydrogen (secondary N) is 2. The van der Waals surface area contributed by atoms with Gasteiger partial charge >= 0.3 is 0 Å². The van der Waals surface area contributed by atoms with Gasteiger partial charge in [0.1, 0.15) is 0 Å². The Morgan fingerprint density at radius 2 is 2.12 bits per heavy atom. The van der Waals surface area contributed by atoms with E-state index >= 15 is 0 Å². The Hall–Kier alpha value is -2.27. The maximum Gasteiger partial charge on any atom is 0.218 e. The van der Waals surface area contributed by atoms with E-state index < -0.39 is 0 Å². The van der Waals surface area contributed by atoms with E-state index in [1.54, 1.807) is 13.2 Å². The SMILES string of the molecule is CCOc1ncccc1CNC(=NC)NCCc1cccc(Cl)c1. The average molecular weight is 347 g/mol. The molecule has 0 atom stereocenters. The van der Waals surface area contributed by atoms with Crippen molar-refractivity contribution in [3.05, 3.63) is 58.7 Å². The molecule has 0 saturated carbocycles. The van der Waals surface area contributed by atoms with Gasteiger partial charge in [-0.2, -0.15) is 0 Å². The average Bonchev–Trinajstić information content (AvgIpc) is 2.59. The molecule has 0 aliphatic heterocycles. The smallest absolute Gasteiger partial charge is 0.218 e. The number of benzene rings is 1. The van der Waals surface area contributed by atoms with Gasteiger partial charge < -0.3 is 15.4 Å². The molecule has 2 rings (SSSR count). The summed E-state index contributed by atoms with van der Waals surface area (Å²) in [6, 6.07) is 11.8. The summed E-state index contributed by atoms with van der Waals surface area (Å²) in [5.41, 5.74) is 2.19. The second-order valence-corrected chi connectivity index (χ2v) is 5.57. The van der Waals surface area contributed by atoms with E-state index in [4.69, 9.17) is 16.3 Å². The second-order valence-electron chi connectivity index (χ2n) is 5.13. The monoisotopic (exact) mass is 346 g/mol. The second kappa shape index (κ2) is 9.78. The zero-order valence-electron chi connectivity index (χ0n) is 14.1. The zero-order valence-corrected chi connectivity index (χ0v) is 14.8. The summed E-state index contributed by atoms with van der Waals surface area (Å²) in [5, 5.41) is 7.33. The van der Waals surface area contributed by atoms with Gasteiger partial charge in [0.05, 0.1) is 6.61 Å². The molecule has 0 unspecified atom stereocenters. The van der Waals surface area contributed by atoms with Gasteiger partial charge in [-0.25, -0.2) is 4.98 Å². The fraction of sp³-hybridized carbons (Fsp3) is 0.333. The number of aliphatic imine (C=N–C) groups is 1. The minimum Gasteiger partial charge on any atom is -0.478 e. The van der Waals surface area contributed by atoms with Crippen molar-refractivity contribution in [2.24, 2.45) is 4.99 Å². The molecule has 0 radical (unpaired) electrons. The lowest BCUT2D eigenvalue weighted by Crippen LogP contribution is -2.38. The Bertz CT molecular complexity index is 676. The van der Waals surface area contributed by atoms with Gasteiger partial charge in [0.25, 0.3) is 0 Å². The lowest BCUT2D eigenvalue weighted by Gasteiger charge is -2.13. The first-order chi connectivity index (χ1) is 11.7. The van der Waals surface area contributed by atoms with Gasteiger partial charge in [-0.1, -0.05) is 29.8 Å². The molecular weight excluding hydrogens is 324 g/mol. The molecule has 0 fully saturated rings. The Labute approximate surface area is 148 Å². The van der Waals surface area contributed by atoms with Crippen LogP contribution in [-0.2, 0) is 13.0 Å². The van der Waals surface area contributed by atoms with Crippen LogP contribution in [0.15, 0.2) is 47.6 Å². The number of hydrogen-bond donors (Lipinski definition) is 2. The largest absolute Gasteiger partial charge is 0.478 e. The van der Waals surface area contributed by atoms with E-state index in [1.165, 1.54) is 5.56 Å². The minimum atomic E-state index is 0.594. The molecule has 2 N–H and O–H groups in total. The lowest BCUT2D eigenvalue weighted by atomic mass is 10.1. The number of rotatable bonds is 7. The molecule has 0 aliphatic rings. The van der Waals surface area contributed by atoms with Crippen molar-refractivity contribution in [3.8, 4) is 5.88 Å². The van der Waals surface area contributed by atoms with E-state index in [0.717, 1.165) is 29.5 Å². The Morgan fingerprint density at radius 1 is 1.25 bits per heavy atom. The van der Waals surface area contributed by atoms with Crippen LogP contribution in [0.4, 0.5) is 0 Å². The highest BCUT2D eigenvalue weighted by Gasteiger charge is 2.05. The van der Waals surface area contributed by atoms with Crippen LogP contribution in [0.5, 0.6) is 5.88 Å². The topological polar surface area (TPSA) is 58.5 Å². The molecule has 6 heteroatoms. The fourth-order valence-electron chi connectivity index (χ4n) is 2.24. The van der Waals surface area contributed by atoms with Gasteiger partial charge in [-0.15, -0.1) is 0 Å². The third-order valence-electron chi connectivity index (χ3n) is 3.40. The lowest BCUT2D eigenvalue weighted by molar-refractivity contribution is 0.322. The molecular formula is C18H23ClN4O. The first-order valence-corrected chi connectivity index (χ1v) is 8.36. The van der Waals surface area contributed by atoms with Gasteiger partial charge in [-0.05, 0) is 37.1 Å². The van der Waals surface area contributed by atoms with Crippen LogP contribution >= 0.6 is 11.6 Å². The molecule has 1 aromatic carbocycles. The quantitative estimate of drug-likeness (QED) is 0.597. The van der Waals surface area contributed by atoms with E-state index in [0.29, 0.717) is 19.0 Å². The minimum absolute atomic E-state index is 0.594. The molecule has 128 valence electrons. The van der Waals surface area contributed by atoms with Crippen LogP contribution in [0.1, 0.15) is 18.1 Å². The molecule has 5 nitrogen and oxygen atoms in total. The van der Waals surface area contributed by atoms with E-state index in [9.17, 15) is 0 Å². The molecule has 0 aliphatic carbocycles. The zero-order chi connectivity index (χ0) is 17.2. The van der Waals surface area contributed by atoms with Crippen LogP contribution < -0.4 is 15.4 Å². The van der Waals surface area contributed by atoms with Crippen LogP contribution in [-0.4, -0.2) is 31.1 Å². The maximum atomic E-state index is 6.00. The molecule has 0 saturated heterocycles. The molecule has 24 heavy (non-hydrogen) atoms. The molecule has 0 amide bonds. The fourth-order valence-corrected chi connectivity index (χ4v) is 2.46. The van der Waals surface area contributed by atoms with Crippen LogP contribution in [0.25, 0.3) is 0 Å². The molecule has 0 spiro atoms. The molecule has 2 aromatic rings. The summed E-state index contributed by atoms with van der Waals surface area (Å²) in [6.45, 7) is 3.91. The summed E-state index contributed by atoms with van der Waals surface area (Å²) in [4.78, 5) is 8.48. The molecule has 1 heterocycles. The van der Waals surface area contributed by atoms with Crippen molar-refractivity contribution < 1.29 is 4.74 Å². The van der Waals surface area contributed by atoms with Gasteiger partial charge in [0, 0.05) is 36.9 Å². The van der Waals surface area contributed by atoms with Gasteiger partial charge in [0.2, 0.25) is 5.88 Å². The first-order valence-electron chi connectivity index (χ1n) is 7.98. The van der Waals surface area contributed by atoms with Crippen LogP contribution in [0.2, 0.25) is 5.02 Å². The highest BCUT2D eigenvalue weighted by Crippen LogP contribution is 2.13. The highest BCUT2D eigenvalue weighted by atomic mass is 35.5. The van der Waals surface area contributed by atoms with Crippen molar-refractivity contribution in [1.82, 2.24) is 15.6 Å². The maximum absolute atomic E-state index is 6.00. The Balaban J connectivity index is 1.82. The summed E-state index contributed by atoms with van der Waals surface area (Å²) < 4.78 is 5.53. The number of pyridine rings is 1. The standard InChI is InChI=1S/C18H23ClN4O/c1-3-24-17-15(7-5-10-21-17)13-23-18(20-2)22-11-9-14-6-4-8-16(19)12-14/h4-8,10,12H,3,9,11,13H2,1-2H3,(H2,20,22,23). The number of ether oxygens (including phenoxy) is 1. The Morgan fingerprint density at radius 3 is 2.88 bits per heavy atom. The van der Waals surface area contributed by atoms with Crippen molar-refractivity contribution in [2.45, 2.75) is 19.9 Å². The van der Waals surface area contributed by atoms with Crippen LogP contribution in [0, 0.1) is 0 Å². The van der Waals surface area contributed by atoms with Crippen molar-refractivity contribution in [1.29, 1.82) is 0 Å². The number of guanidine groups is 1. The van der Waals surface area contributed by atoms with Gasteiger partial charge in [0.15, 0.2) is 5.96 Å². The molecule has 0 bridgehead atoms. The first kappa shape index (κ1) is 18.1. The normalized spacial score (nSPS) is 11.2. The van der Waals surface area contributed by atoms with E-state index in [-0.39, 0.29) is 0 Å². The van der Waals surface area contributed by atoms with Crippen molar-refractivity contribution >= 4 is 17.6 Å². The Kier molecular flexibility index (Phi) is 7.36. The number of hydrogen-bond acceptors (Lipinski definition) is 3. The predicted octanol–water partition coefficient (Wildman–Crippen LogP) is 3.04. The van der Waals surface area contributed by atoms with Crippen molar-refractivity contribution in [3.63, 3.8) is 0 Å². The predicted molar refractivity (Wildman–Crippen MR) is 98.8 cm³/mol. The van der Waals surface area contributed by atoms with Crippen LogP contribution in [0.3, 0.4) is 0 Å². The van der Waals surface area contributed by atoms with E-state index in [2.05, 4.69) is 26.7 Å². The summed E-state index contributed by atoms with van der Waals surface area (Å²) >= 11 is 6.00.